The van der Waals surface area contributed by atoms with E-state index < -0.39 is 0 Å². The van der Waals surface area contributed by atoms with Crippen LogP contribution in [0.25, 0.3) is 16.7 Å². The number of rotatable bonds is 5. The molecule has 1 saturated heterocycles. The molecule has 1 aromatic carbocycles. The standard InChI is InChI=1S/C25H26N4O4/c1-25(2)16-32-12-9-21(25)27-23(30)20-15-28(24(31)19-8-13-33-22(19)20)14-17-4-6-18(7-5-17)29-11-3-10-26-29/h3-8,10-11,13,15,21H,9,12,14,16H2,1-2H3,(H,27,30). The maximum Gasteiger partial charge on any atom is 0.262 e. The van der Waals surface area contributed by atoms with Crippen molar-refractivity contribution in [3.05, 3.63) is 82.7 Å². The molecule has 1 unspecified atom stereocenters. The lowest BCUT2D eigenvalue weighted by molar-refractivity contribution is -0.0116. The number of aromatic nitrogens is 3. The lowest BCUT2D eigenvalue weighted by atomic mass is 9.82. The first-order chi connectivity index (χ1) is 15.9. The first-order valence-corrected chi connectivity index (χ1v) is 11.0. The summed E-state index contributed by atoms with van der Waals surface area (Å²) in [7, 11) is 0. The van der Waals surface area contributed by atoms with Crippen LogP contribution in [0, 0.1) is 5.41 Å². The van der Waals surface area contributed by atoms with Crippen molar-refractivity contribution < 1.29 is 13.9 Å². The largest absolute Gasteiger partial charge is 0.463 e. The van der Waals surface area contributed by atoms with Gasteiger partial charge in [-0.2, -0.15) is 5.10 Å². The van der Waals surface area contributed by atoms with Crippen molar-refractivity contribution in [1.29, 1.82) is 0 Å². The summed E-state index contributed by atoms with van der Waals surface area (Å²) < 4.78 is 14.5. The van der Waals surface area contributed by atoms with E-state index >= 15 is 0 Å². The van der Waals surface area contributed by atoms with Gasteiger partial charge in [-0.3, -0.25) is 9.59 Å². The van der Waals surface area contributed by atoms with Gasteiger partial charge < -0.3 is 19.0 Å². The number of fused-ring (bicyclic) bond motifs is 1. The number of nitrogens with one attached hydrogen (secondary N) is 1. The van der Waals surface area contributed by atoms with Gasteiger partial charge in [0.1, 0.15) is 0 Å². The Morgan fingerprint density at radius 2 is 2.06 bits per heavy atom. The zero-order valence-corrected chi connectivity index (χ0v) is 18.7. The minimum Gasteiger partial charge on any atom is -0.463 e. The Kier molecular flexibility index (Phi) is 5.38. The number of carbonyl (C=O) groups excluding carboxylic acids is 1. The normalized spacial score (nSPS) is 17.8. The zero-order valence-electron chi connectivity index (χ0n) is 18.7. The summed E-state index contributed by atoms with van der Waals surface area (Å²) in [6.07, 6.45) is 7.38. The molecule has 0 aliphatic carbocycles. The van der Waals surface area contributed by atoms with Crippen LogP contribution in [0.4, 0.5) is 0 Å². The fourth-order valence-corrected chi connectivity index (χ4v) is 4.30. The second-order valence-corrected chi connectivity index (χ2v) is 9.11. The number of furan rings is 1. The van der Waals surface area contributed by atoms with E-state index in [-0.39, 0.29) is 22.9 Å². The Morgan fingerprint density at radius 3 is 2.79 bits per heavy atom. The van der Waals surface area contributed by atoms with Crippen molar-refractivity contribution in [3.63, 3.8) is 0 Å². The maximum atomic E-state index is 13.3. The van der Waals surface area contributed by atoms with Gasteiger partial charge in [0.25, 0.3) is 11.5 Å². The highest BCUT2D eigenvalue weighted by atomic mass is 16.5. The monoisotopic (exact) mass is 446 g/mol. The van der Waals surface area contributed by atoms with Crippen LogP contribution in [-0.2, 0) is 11.3 Å². The molecule has 8 heteroatoms. The van der Waals surface area contributed by atoms with Gasteiger partial charge in [0, 0.05) is 36.7 Å². The van der Waals surface area contributed by atoms with E-state index in [2.05, 4.69) is 24.3 Å². The molecule has 1 aliphatic rings. The Hall–Kier alpha value is -3.65. The molecule has 33 heavy (non-hydrogen) atoms. The number of hydrogen-bond donors (Lipinski definition) is 1. The Labute approximate surface area is 190 Å². The first kappa shape index (κ1) is 21.2. The van der Waals surface area contributed by atoms with Gasteiger partial charge in [0.2, 0.25) is 0 Å². The molecule has 3 aromatic heterocycles. The molecule has 1 aliphatic heterocycles. The van der Waals surface area contributed by atoms with E-state index in [1.807, 2.05) is 36.5 Å². The maximum absolute atomic E-state index is 13.3. The lowest BCUT2D eigenvalue weighted by Gasteiger charge is -2.38. The molecule has 8 nitrogen and oxygen atoms in total. The Morgan fingerprint density at radius 1 is 1.24 bits per heavy atom. The smallest absolute Gasteiger partial charge is 0.262 e. The molecular weight excluding hydrogens is 420 g/mol. The van der Waals surface area contributed by atoms with Crippen molar-refractivity contribution in [3.8, 4) is 5.69 Å². The third-order valence-corrected chi connectivity index (χ3v) is 6.26. The lowest BCUT2D eigenvalue weighted by Crippen LogP contribution is -2.50. The summed E-state index contributed by atoms with van der Waals surface area (Å²) in [5, 5.41) is 7.76. The second-order valence-electron chi connectivity index (χ2n) is 9.11. The van der Waals surface area contributed by atoms with Gasteiger partial charge in [0.05, 0.1) is 36.1 Å². The third kappa shape index (κ3) is 4.09. The molecular formula is C25H26N4O4. The summed E-state index contributed by atoms with van der Waals surface area (Å²) >= 11 is 0. The van der Waals surface area contributed by atoms with Gasteiger partial charge in [0.15, 0.2) is 5.58 Å². The Balaban J connectivity index is 1.45. The Bertz CT molecular complexity index is 1330. The van der Waals surface area contributed by atoms with Crippen molar-refractivity contribution in [1.82, 2.24) is 19.7 Å². The minimum absolute atomic E-state index is 0.0287. The number of ether oxygens (including phenoxy) is 1. The molecule has 0 spiro atoms. The molecule has 0 saturated carbocycles. The molecule has 170 valence electrons. The highest BCUT2D eigenvalue weighted by Crippen LogP contribution is 2.28. The van der Waals surface area contributed by atoms with Crippen LogP contribution >= 0.6 is 0 Å². The SMILES string of the molecule is CC1(C)COCCC1NC(=O)c1cn(Cc2ccc(-n3cccn3)cc2)c(=O)c2ccoc12. The third-order valence-electron chi connectivity index (χ3n) is 6.26. The van der Waals surface area contributed by atoms with Gasteiger partial charge in [-0.1, -0.05) is 26.0 Å². The highest BCUT2D eigenvalue weighted by Gasteiger charge is 2.35. The molecule has 1 amide bonds. The van der Waals surface area contributed by atoms with Crippen LogP contribution < -0.4 is 10.9 Å². The van der Waals surface area contributed by atoms with Crippen LogP contribution in [0.3, 0.4) is 0 Å². The number of nitrogens with zero attached hydrogens (tertiary/aromatic N) is 3. The van der Waals surface area contributed by atoms with Crippen LogP contribution in [-0.4, -0.2) is 39.5 Å². The summed E-state index contributed by atoms with van der Waals surface area (Å²) in [4.78, 5) is 26.3. The van der Waals surface area contributed by atoms with Gasteiger partial charge in [-0.25, -0.2) is 4.68 Å². The summed E-state index contributed by atoms with van der Waals surface area (Å²) in [5.74, 6) is -0.252. The number of amides is 1. The molecule has 1 atom stereocenters. The van der Waals surface area contributed by atoms with E-state index in [4.69, 9.17) is 9.15 Å². The second kappa shape index (κ2) is 8.37. The zero-order chi connectivity index (χ0) is 23.0. The van der Waals surface area contributed by atoms with E-state index in [1.54, 1.807) is 27.7 Å². The van der Waals surface area contributed by atoms with Crippen LogP contribution in [0.2, 0.25) is 0 Å². The van der Waals surface area contributed by atoms with Crippen molar-refractivity contribution in [2.75, 3.05) is 13.2 Å². The molecule has 0 radical (unpaired) electrons. The molecule has 4 heterocycles. The quantitative estimate of drug-likeness (QED) is 0.508. The molecule has 1 N–H and O–H groups in total. The van der Waals surface area contributed by atoms with Crippen LogP contribution in [0.15, 0.2) is 70.5 Å². The van der Waals surface area contributed by atoms with E-state index in [1.165, 1.54) is 6.26 Å². The van der Waals surface area contributed by atoms with Crippen molar-refractivity contribution in [2.24, 2.45) is 5.41 Å². The minimum atomic E-state index is -0.252. The average molecular weight is 447 g/mol. The van der Waals surface area contributed by atoms with Gasteiger partial charge in [-0.15, -0.1) is 0 Å². The number of hydrogen-bond acceptors (Lipinski definition) is 5. The summed E-state index contributed by atoms with van der Waals surface area (Å²) in [5.41, 5.74) is 2.16. The average Bonchev–Trinajstić information content (AvgIpc) is 3.50. The number of carbonyl (C=O) groups is 1. The van der Waals surface area contributed by atoms with Crippen molar-refractivity contribution in [2.45, 2.75) is 32.9 Å². The predicted octanol–water partition coefficient (Wildman–Crippen LogP) is 3.37. The van der Waals surface area contributed by atoms with Crippen molar-refractivity contribution >= 4 is 16.9 Å². The fourth-order valence-electron chi connectivity index (χ4n) is 4.30. The molecule has 0 bridgehead atoms. The molecule has 5 rings (SSSR count). The van der Waals surface area contributed by atoms with Gasteiger partial charge in [-0.05, 0) is 36.2 Å². The van der Waals surface area contributed by atoms with E-state index in [0.717, 1.165) is 17.7 Å². The highest BCUT2D eigenvalue weighted by molar-refractivity contribution is 6.04. The van der Waals surface area contributed by atoms with Crippen LogP contribution in [0.5, 0.6) is 0 Å². The topological polar surface area (TPSA) is 91.3 Å². The van der Waals surface area contributed by atoms with E-state index in [9.17, 15) is 9.59 Å². The summed E-state index contributed by atoms with van der Waals surface area (Å²) in [6, 6.07) is 11.3. The van der Waals surface area contributed by atoms with E-state index in [0.29, 0.717) is 36.3 Å². The first-order valence-electron chi connectivity index (χ1n) is 11.0. The predicted molar refractivity (Wildman–Crippen MR) is 124 cm³/mol. The number of benzene rings is 1. The molecule has 1 fully saturated rings. The fraction of sp³-hybridized carbons (Fsp3) is 0.320. The van der Waals surface area contributed by atoms with Gasteiger partial charge >= 0.3 is 0 Å². The van der Waals surface area contributed by atoms with Crippen LogP contribution in [0.1, 0.15) is 36.2 Å². The summed E-state index contributed by atoms with van der Waals surface area (Å²) in [6.45, 7) is 5.68. The molecule has 4 aromatic rings. The number of pyridine rings is 1.